The van der Waals surface area contributed by atoms with Crippen LogP contribution in [0.4, 0.5) is 5.95 Å². The number of allylic oxidation sites excluding steroid dienone is 2. The second kappa shape index (κ2) is 9.60. The van der Waals surface area contributed by atoms with Gasteiger partial charge in [0.1, 0.15) is 0 Å². The highest BCUT2D eigenvalue weighted by Crippen LogP contribution is 2.34. The van der Waals surface area contributed by atoms with Crippen LogP contribution in [-0.4, -0.2) is 43.7 Å². The molecule has 0 aliphatic rings. The largest absolute Gasteiger partial charge is 0.451 e. The van der Waals surface area contributed by atoms with E-state index in [1.165, 1.54) is 6.33 Å². The molecule has 2 heterocycles. The number of H-pyrrole nitrogens is 1. The number of hydrogen-bond donors (Lipinski definition) is 2. The average molecular weight is 466 g/mol. The number of anilines is 1. The fraction of sp³-hybridized carbons (Fsp3) is 0.550. The molecule has 11 nitrogen and oxygen atoms in total. The van der Waals surface area contributed by atoms with Crippen molar-refractivity contribution in [1.29, 1.82) is 0 Å². The number of hydrogen-bond acceptors (Lipinski definition) is 9. The Hall–Kier alpha value is -3.07. The number of nitrogens with two attached hydrogens (primary N) is 1. The van der Waals surface area contributed by atoms with Crippen molar-refractivity contribution in [3.05, 3.63) is 28.8 Å². The summed E-state index contributed by atoms with van der Waals surface area (Å²) in [5.74, 6) is -1.29. The van der Waals surface area contributed by atoms with Gasteiger partial charge in [-0.2, -0.15) is 4.98 Å². The lowest BCUT2D eigenvalue weighted by atomic mass is 9.97. The topological polar surface area (TPSA) is 159 Å². The lowest BCUT2D eigenvalue weighted by Crippen LogP contribution is -2.33. The summed E-state index contributed by atoms with van der Waals surface area (Å²) in [6.45, 7) is 10.2. The third kappa shape index (κ3) is 6.46. The van der Waals surface area contributed by atoms with Gasteiger partial charge in [-0.25, -0.2) is 4.98 Å². The maximum atomic E-state index is 12.8. The third-order valence-corrected chi connectivity index (χ3v) is 5.37. The van der Waals surface area contributed by atoms with E-state index in [9.17, 15) is 18.9 Å². The Balaban J connectivity index is 2.10. The number of carbonyl (C=O) groups excluding carboxylic acids is 2. The zero-order chi connectivity index (χ0) is 24.3. The highest BCUT2D eigenvalue weighted by Gasteiger charge is 2.41. The number of aromatic amines is 1. The summed E-state index contributed by atoms with van der Waals surface area (Å²) in [4.78, 5) is 46.8. The van der Waals surface area contributed by atoms with Crippen LogP contribution < -0.4 is 11.3 Å². The molecule has 3 N–H and O–H groups in total. The number of rotatable bonds is 7. The Morgan fingerprint density at radius 3 is 2.25 bits per heavy atom. The summed E-state index contributed by atoms with van der Waals surface area (Å²) in [6.07, 6.45) is 4.72. The zero-order valence-corrected chi connectivity index (χ0v) is 19.9. The number of aromatic nitrogens is 4. The first-order chi connectivity index (χ1) is 14.7. The summed E-state index contributed by atoms with van der Waals surface area (Å²) >= 11 is 0. The van der Waals surface area contributed by atoms with E-state index in [0.29, 0.717) is 5.65 Å². The maximum absolute atomic E-state index is 12.8. The van der Waals surface area contributed by atoms with Crippen LogP contribution in [0, 0.1) is 10.8 Å². The molecule has 32 heavy (non-hydrogen) atoms. The van der Waals surface area contributed by atoms with Crippen LogP contribution in [-0.2, 0) is 30.2 Å². The average Bonchev–Trinajstić information content (AvgIpc) is 3.05. The summed E-state index contributed by atoms with van der Waals surface area (Å²) in [7, 11) is -2.26. The number of esters is 2. The van der Waals surface area contributed by atoms with Gasteiger partial charge in [0.25, 0.3) is 5.56 Å². The summed E-state index contributed by atoms with van der Waals surface area (Å²) in [5, 5.41) is 0. The van der Waals surface area contributed by atoms with Crippen LogP contribution in [0.3, 0.4) is 0 Å². The molecule has 0 bridgehead atoms. The third-order valence-electron chi connectivity index (χ3n) is 4.12. The van der Waals surface area contributed by atoms with Crippen molar-refractivity contribution >= 4 is 36.9 Å². The van der Waals surface area contributed by atoms with E-state index in [-0.39, 0.29) is 24.2 Å². The van der Waals surface area contributed by atoms with Crippen molar-refractivity contribution in [3.63, 3.8) is 0 Å². The molecule has 0 saturated heterocycles. The van der Waals surface area contributed by atoms with Crippen molar-refractivity contribution in [3.8, 4) is 0 Å². The van der Waals surface area contributed by atoms with E-state index in [2.05, 4.69) is 15.0 Å². The summed E-state index contributed by atoms with van der Waals surface area (Å²) in [5.41, 5.74) is 3.89. The molecule has 0 amide bonds. The van der Waals surface area contributed by atoms with Crippen LogP contribution in [0.2, 0.25) is 0 Å². The molecule has 174 valence electrons. The Kier molecular flexibility index (Phi) is 7.56. The second-order valence-corrected chi connectivity index (χ2v) is 10.8. The van der Waals surface area contributed by atoms with Gasteiger partial charge in [0.05, 0.1) is 17.2 Å². The van der Waals surface area contributed by atoms with Crippen molar-refractivity contribution < 1.29 is 23.6 Å². The molecule has 0 aliphatic carbocycles. The number of ether oxygens (including phenoxy) is 2. The van der Waals surface area contributed by atoms with E-state index in [0.717, 1.165) is 0 Å². The van der Waals surface area contributed by atoms with Crippen molar-refractivity contribution in [2.24, 2.45) is 10.8 Å². The van der Waals surface area contributed by atoms with Gasteiger partial charge < -0.3 is 19.8 Å². The first kappa shape index (κ1) is 25.2. The highest BCUT2D eigenvalue weighted by atomic mass is 31.1. The number of nitrogens with one attached hydrogen (secondary N) is 1. The molecule has 1 atom stereocenters. The SMILES string of the molecule is CC(C)(C)C(=O)OC(OC(=O)C(C)(C)C)[P+](=O)C/C=C/Cn1cnc2c(=O)[nH]c(N)nc21. The number of fused-ring (bicyclic) bond motifs is 1. The van der Waals surface area contributed by atoms with Gasteiger partial charge >= 0.3 is 25.8 Å². The van der Waals surface area contributed by atoms with Gasteiger partial charge in [0.2, 0.25) is 5.95 Å². The lowest BCUT2D eigenvalue weighted by Gasteiger charge is -2.21. The molecular formula is C20H29N5O6P+. The molecule has 12 heteroatoms. The minimum atomic E-state index is -2.26. The molecular weight excluding hydrogens is 437 g/mol. The molecule has 2 rings (SSSR count). The first-order valence-corrected chi connectivity index (χ1v) is 11.4. The predicted molar refractivity (Wildman–Crippen MR) is 119 cm³/mol. The molecule has 0 aliphatic heterocycles. The highest BCUT2D eigenvalue weighted by molar-refractivity contribution is 7.45. The normalized spacial score (nSPS) is 13.0. The molecule has 2 aromatic rings. The molecule has 1 unspecified atom stereocenters. The summed E-state index contributed by atoms with van der Waals surface area (Å²) in [6, 6.07) is -1.50. The van der Waals surface area contributed by atoms with Gasteiger partial charge in [-0.05, 0) is 47.6 Å². The van der Waals surface area contributed by atoms with Gasteiger partial charge in [-0.15, -0.1) is 0 Å². The lowest BCUT2D eigenvalue weighted by molar-refractivity contribution is -0.184. The van der Waals surface area contributed by atoms with Crippen molar-refractivity contribution in [1.82, 2.24) is 19.5 Å². The molecule has 0 radical (unpaired) electrons. The standard InChI is InChI=1S/C20H28N5O6P/c1-19(2,3)15(27)30-18(31-16(28)20(4,5)6)32(29)10-8-7-9-25-11-22-12-13(25)23-17(21)24-14(12)26/h7-8,11,18H,9-10H2,1-6H3,(H2-,21,23,24,26)/p+1/b8-7+. The Morgan fingerprint density at radius 2 is 1.72 bits per heavy atom. The Bertz CT molecular complexity index is 1080. The van der Waals surface area contributed by atoms with Crippen LogP contribution in [0.15, 0.2) is 23.3 Å². The fourth-order valence-corrected chi connectivity index (χ4v) is 3.19. The fourth-order valence-electron chi connectivity index (χ4n) is 2.24. The molecule has 2 aromatic heterocycles. The van der Waals surface area contributed by atoms with E-state index in [1.807, 2.05) is 0 Å². The van der Waals surface area contributed by atoms with E-state index in [1.54, 1.807) is 58.3 Å². The zero-order valence-electron chi connectivity index (χ0n) is 19.0. The number of nitrogens with zero attached hydrogens (tertiary/aromatic N) is 3. The Labute approximate surface area is 186 Å². The monoisotopic (exact) mass is 466 g/mol. The quantitative estimate of drug-likeness (QED) is 0.270. The minimum Gasteiger partial charge on any atom is -0.384 e. The molecule has 0 fully saturated rings. The minimum absolute atomic E-state index is 0.00235. The molecule has 0 aromatic carbocycles. The van der Waals surface area contributed by atoms with Crippen molar-refractivity contribution in [2.75, 3.05) is 11.9 Å². The first-order valence-electron chi connectivity index (χ1n) is 9.91. The van der Waals surface area contributed by atoms with Crippen LogP contribution in [0.5, 0.6) is 0 Å². The van der Waals surface area contributed by atoms with Crippen LogP contribution in [0.1, 0.15) is 41.5 Å². The van der Waals surface area contributed by atoms with Gasteiger partial charge in [0.15, 0.2) is 17.3 Å². The molecule has 0 spiro atoms. The molecule has 0 saturated carbocycles. The van der Waals surface area contributed by atoms with Crippen molar-refractivity contribution in [2.45, 2.75) is 54.1 Å². The summed E-state index contributed by atoms with van der Waals surface area (Å²) < 4.78 is 24.9. The number of carbonyl (C=O) groups is 2. The van der Waals surface area contributed by atoms with E-state index < -0.39 is 42.2 Å². The maximum Gasteiger partial charge on any atom is 0.451 e. The van der Waals surface area contributed by atoms with Gasteiger partial charge in [0, 0.05) is 6.54 Å². The number of imidazole rings is 1. The predicted octanol–water partition coefficient (Wildman–Crippen LogP) is 2.55. The van der Waals surface area contributed by atoms with Gasteiger partial charge in [-0.3, -0.25) is 19.4 Å². The van der Waals surface area contributed by atoms with Crippen LogP contribution >= 0.6 is 7.80 Å². The van der Waals surface area contributed by atoms with Gasteiger partial charge in [-0.1, -0.05) is 10.6 Å². The second-order valence-electron chi connectivity index (χ2n) is 9.21. The smallest absolute Gasteiger partial charge is 0.384 e. The Morgan fingerprint density at radius 1 is 1.16 bits per heavy atom. The van der Waals surface area contributed by atoms with E-state index in [4.69, 9.17) is 15.2 Å². The number of nitrogen functional groups attached to an aromatic ring is 1. The van der Waals surface area contributed by atoms with E-state index >= 15 is 0 Å². The van der Waals surface area contributed by atoms with Crippen LogP contribution in [0.25, 0.3) is 11.2 Å².